The van der Waals surface area contributed by atoms with Crippen LogP contribution in [0.4, 0.5) is 10.5 Å². The molecule has 1 saturated heterocycles. The third kappa shape index (κ3) is 5.06. The Balaban J connectivity index is 1.76. The SMILES string of the molecule is CCn1cc(NC(=O)C2CCN(CC(=O)NC(N)=O)CC2)cn1. The summed E-state index contributed by atoms with van der Waals surface area (Å²) in [4.78, 5) is 36.2. The van der Waals surface area contributed by atoms with Crippen molar-refractivity contribution < 1.29 is 14.4 Å². The van der Waals surface area contributed by atoms with E-state index in [4.69, 9.17) is 5.73 Å². The zero-order chi connectivity index (χ0) is 16.8. The number of carbonyl (C=O) groups excluding carboxylic acids is 3. The lowest BCUT2D eigenvalue weighted by Gasteiger charge is -2.30. The minimum Gasteiger partial charge on any atom is -0.351 e. The van der Waals surface area contributed by atoms with Crippen molar-refractivity contribution >= 4 is 23.5 Å². The number of primary amides is 1. The van der Waals surface area contributed by atoms with E-state index in [1.54, 1.807) is 17.1 Å². The van der Waals surface area contributed by atoms with Crippen LogP contribution >= 0.6 is 0 Å². The summed E-state index contributed by atoms with van der Waals surface area (Å²) < 4.78 is 1.75. The Morgan fingerprint density at radius 3 is 2.61 bits per heavy atom. The van der Waals surface area contributed by atoms with E-state index in [1.165, 1.54) is 0 Å². The molecule has 0 aliphatic carbocycles. The van der Waals surface area contributed by atoms with Crippen molar-refractivity contribution in [2.24, 2.45) is 11.7 Å². The zero-order valence-electron chi connectivity index (χ0n) is 13.1. The van der Waals surface area contributed by atoms with Crippen molar-refractivity contribution in [2.45, 2.75) is 26.3 Å². The summed E-state index contributed by atoms with van der Waals surface area (Å²) in [5.41, 5.74) is 5.59. The Bertz CT molecular complexity index is 577. The van der Waals surface area contributed by atoms with Crippen LogP contribution in [-0.2, 0) is 16.1 Å². The standard InChI is InChI=1S/C14H22N6O3/c1-2-20-8-11(7-16-20)17-13(22)10-3-5-19(6-4-10)9-12(21)18-14(15)23/h7-8,10H,2-6,9H2,1H3,(H,17,22)(H3,15,18,21,23). The van der Waals surface area contributed by atoms with Gasteiger partial charge in [0.25, 0.3) is 0 Å². The number of rotatable bonds is 5. The molecule has 9 heteroatoms. The number of amides is 4. The molecule has 9 nitrogen and oxygen atoms in total. The van der Waals surface area contributed by atoms with E-state index in [2.05, 4.69) is 10.4 Å². The first kappa shape index (κ1) is 16.9. The molecule has 2 heterocycles. The molecule has 1 aliphatic rings. The van der Waals surface area contributed by atoms with E-state index >= 15 is 0 Å². The molecule has 0 atom stereocenters. The molecule has 0 saturated carbocycles. The fourth-order valence-electron chi connectivity index (χ4n) is 2.58. The molecule has 1 fully saturated rings. The number of nitrogens with two attached hydrogens (primary N) is 1. The van der Waals surface area contributed by atoms with Gasteiger partial charge >= 0.3 is 6.03 Å². The summed E-state index contributed by atoms with van der Waals surface area (Å²) in [5.74, 6) is -0.537. The second-order valence-electron chi connectivity index (χ2n) is 5.54. The van der Waals surface area contributed by atoms with E-state index in [1.807, 2.05) is 17.1 Å². The van der Waals surface area contributed by atoms with Gasteiger partial charge in [0.05, 0.1) is 18.4 Å². The first-order valence-corrected chi connectivity index (χ1v) is 7.63. The van der Waals surface area contributed by atoms with Gasteiger partial charge < -0.3 is 11.1 Å². The molecule has 0 unspecified atom stereocenters. The lowest BCUT2D eigenvalue weighted by atomic mass is 9.96. The first-order chi connectivity index (χ1) is 11.0. The average Bonchev–Trinajstić information content (AvgIpc) is 2.94. The molecule has 23 heavy (non-hydrogen) atoms. The molecule has 1 aromatic heterocycles. The minimum absolute atomic E-state index is 0.0260. The number of nitrogens with zero attached hydrogens (tertiary/aromatic N) is 3. The number of imide groups is 1. The van der Waals surface area contributed by atoms with E-state index in [0.29, 0.717) is 31.6 Å². The highest BCUT2D eigenvalue weighted by Crippen LogP contribution is 2.19. The van der Waals surface area contributed by atoms with Gasteiger partial charge in [0.15, 0.2) is 0 Å². The van der Waals surface area contributed by atoms with Gasteiger partial charge in [-0.25, -0.2) is 4.79 Å². The molecular weight excluding hydrogens is 300 g/mol. The van der Waals surface area contributed by atoms with E-state index < -0.39 is 11.9 Å². The number of hydrogen-bond donors (Lipinski definition) is 3. The summed E-state index contributed by atoms with van der Waals surface area (Å²) in [6.45, 7) is 4.09. The van der Waals surface area contributed by atoms with Crippen molar-refractivity contribution in [1.29, 1.82) is 0 Å². The summed E-state index contributed by atoms with van der Waals surface area (Å²) >= 11 is 0. The number of piperidine rings is 1. The Labute approximate surface area is 134 Å². The van der Waals surface area contributed by atoms with E-state index in [0.717, 1.165) is 6.54 Å². The zero-order valence-corrected chi connectivity index (χ0v) is 13.1. The van der Waals surface area contributed by atoms with Crippen LogP contribution < -0.4 is 16.4 Å². The quantitative estimate of drug-likeness (QED) is 0.690. The predicted octanol–water partition coefficient (Wildman–Crippen LogP) is -0.252. The minimum atomic E-state index is -0.850. The normalized spacial score (nSPS) is 16.0. The summed E-state index contributed by atoms with van der Waals surface area (Å²) in [6, 6.07) is -0.850. The van der Waals surface area contributed by atoms with Crippen LogP contribution in [0.15, 0.2) is 12.4 Å². The molecule has 4 amide bonds. The number of aromatic nitrogens is 2. The Kier molecular flexibility index (Phi) is 5.69. The molecule has 1 aliphatic heterocycles. The molecular formula is C14H22N6O3. The van der Waals surface area contributed by atoms with Gasteiger partial charge in [0.1, 0.15) is 0 Å². The predicted molar refractivity (Wildman–Crippen MR) is 83.4 cm³/mol. The summed E-state index contributed by atoms with van der Waals surface area (Å²) in [7, 11) is 0. The third-order valence-corrected chi connectivity index (χ3v) is 3.81. The first-order valence-electron chi connectivity index (χ1n) is 7.63. The molecule has 0 radical (unpaired) electrons. The highest BCUT2D eigenvalue weighted by Gasteiger charge is 2.26. The van der Waals surface area contributed by atoms with E-state index in [9.17, 15) is 14.4 Å². The van der Waals surface area contributed by atoms with Gasteiger partial charge in [-0.3, -0.25) is 24.5 Å². The Hall–Kier alpha value is -2.42. The van der Waals surface area contributed by atoms with Crippen molar-refractivity contribution in [1.82, 2.24) is 20.0 Å². The molecule has 0 bridgehead atoms. The largest absolute Gasteiger partial charge is 0.351 e. The maximum atomic E-state index is 12.2. The fraction of sp³-hybridized carbons (Fsp3) is 0.571. The van der Waals surface area contributed by atoms with Crippen LogP contribution in [0.1, 0.15) is 19.8 Å². The number of carbonyl (C=O) groups is 3. The Morgan fingerprint density at radius 2 is 2.04 bits per heavy atom. The second-order valence-corrected chi connectivity index (χ2v) is 5.54. The van der Waals surface area contributed by atoms with Crippen LogP contribution in [0.2, 0.25) is 0 Å². The molecule has 0 spiro atoms. The number of nitrogens with one attached hydrogen (secondary N) is 2. The monoisotopic (exact) mass is 322 g/mol. The second kappa shape index (κ2) is 7.73. The van der Waals surface area contributed by atoms with Crippen LogP contribution in [0.5, 0.6) is 0 Å². The van der Waals surface area contributed by atoms with Crippen molar-refractivity contribution in [2.75, 3.05) is 25.0 Å². The highest BCUT2D eigenvalue weighted by molar-refractivity contribution is 5.94. The molecule has 126 valence electrons. The van der Waals surface area contributed by atoms with E-state index in [-0.39, 0.29) is 18.4 Å². The number of anilines is 1. The smallest absolute Gasteiger partial charge is 0.318 e. The van der Waals surface area contributed by atoms with Gasteiger partial charge in [-0.05, 0) is 32.9 Å². The third-order valence-electron chi connectivity index (χ3n) is 3.81. The summed E-state index contributed by atoms with van der Waals surface area (Å²) in [6.07, 6.45) is 4.75. The molecule has 4 N–H and O–H groups in total. The van der Waals surface area contributed by atoms with Crippen LogP contribution in [0.3, 0.4) is 0 Å². The van der Waals surface area contributed by atoms with Crippen molar-refractivity contribution in [3.63, 3.8) is 0 Å². The van der Waals surface area contributed by atoms with Gasteiger partial charge in [-0.1, -0.05) is 0 Å². The molecule has 0 aromatic carbocycles. The van der Waals surface area contributed by atoms with Crippen LogP contribution in [0, 0.1) is 5.92 Å². The average molecular weight is 322 g/mol. The van der Waals surface area contributed by atoms with Gasteiger partial charge in [0, 0.05) is 18.7 Å². The Morgan fingerprint density at radius 1 is 1.35 bits per heavy atom. The number of urea groups is 1. The highest BCUT2D eigenvalue weighted by atomic mass is 16.2. The molecule has 2 rings (SSSR count). The van der Waals surface area contributed by atoms with Gasteiger partial charge in [-0.15, -0.1) is 0 Å². The van der Waals surface area contributed by atoms with Crippen molar-refractivity contribution in [3.05, 3.63) is 12.4 Å². The number of likely N-dealkylation sites (tertiary alicyclic amines) is 1. The summed E-state index contributed by atoms with van der Waals surface area (Å²) in [5, 5.41) is 9.01. The molecule has 1 aromatic rings. The fourth-order valence-corrected chi connectivity index (χ4v) is 2.58. The lowest BCUT2D eigenvalue weighted by Crippen LogP contribution is -2.45. The van der Waals surface area contributed by atoms with Gasteiger partial charge in [0.2, 0.25) is 11.8 Å². The number of hydrogen-bond acceptors (Lipinski definition) is 5. The van der Waals surface area contributed by atoms with Crippen LogP contribution in [-0.4, -0.2) is 52.2 Å². The maximum Gasteiger partial charge on any atom is 0.318 e. The maximum absolute atomic E-state index is 12.2. The lowest BCUT2D eigenvalue weighted by molar-refractivity contribution is -0.122. The van der Waals surface area contributed by atoms with Crippen LogP contribution in [0.25, 0.3) is 0 Å². The van der Waals surface area contributed by atoms with Gasteiger partial charge in [-0.2, -0.15) is 5.10 Å². The topological polar surface area (TPSA) is 122 Å². The number of aryl methyl sites for hydroxylation is 1. The van der Waals surface area contributed by atoms with Crippen molar-refractivity contribution in [3.8, 4) is 0 Å².